The Kier molecular flexibility index (Phi) is 5.64. The third-order valence-corrected chi connectivity index (χ3v) is 2.20. The average Bonchev–Trinajstić information content (AvgIpc) is 2.39. The molecule has 18 heavy (non-hydrogen) atoms. The number of benzene rings is 1. The van der Waals surface area contributed by atoms with Crippen molar-refractivity contribution in [3.8, 4) is 0 Å². The average molecular weight is 247 g/mol. The van der Waals surface area contributed by atoms with Crippen LogP contribution in [0.4, 0.5) is 0 Å². The predicted molar refractivity (Wildman–Crippen MR) is 69.5 cm³/mol. The van der Waals surface area contributed by atoms with E-state index in [1.807, 2.05) is 30.3 Å². The lowest BCUT2D eigenvalue weighted by Gasteiger charge is -2.08. The van der Waals surface area contributed by atoms with Gasteiger partial charge in [0.25, 0.3) is 0 Å². The SMILES string of the molecule is CCOC(=O)/C(=C/c1ccccc1)NC(=O)CC. The van der Waals surface area contributed by atoms with Gasteiger partial charge in [-0.25, -0.2) is 4.79 Å². The highest BCUT2D eigenvalue weighted by molar-refractivity contribution is 5.97. The molecule has 1 aromatic rings. The van der Waals surface area contributed by atoms with Crippen LogP contribution in [0, 0.1) is 0 Å². The predicted octanol–water partition coefficient (Wildman–Crippen LogP) is 2.12. The molecule has 0 aliphatic rings. The molecule has 1 amide bonds. The fourth-order valence-corrected chi connectivity index (χ4v) is 1.31. The molecule has 0 aliphatic heterocycles. The van der Waals surface area contributed by atoms with Gasteiger partial charge in [0.1, 0.15) is 5.70 Å². The molecule has 4 nitrogen and oxygen atoms in total. The summed E-state index contributed by atoms with van der Waals surface area (Å²) in [4.78, 5) is 23.1. The van der Waals surface area contributed by atoms with Crippen molar-refractivity contribution in [2.24, 2.45) is 0 Å². The van der Waals surface area contributed by atoms with Gasteiger partial charge in [0.05, 0.1) is 6.61 Å². The molecule has 1 rings (SSSR count). The van der Waals surface area contributed by atoms with E-state index in [9.17, 15) is 9.59 Å². The van der Waals surface area contributed by atoms with Crippen LogP contribution in [-0.2, 0) is 14.3 Å². The van der Waals surface area contributed by atoms with Crippen LogP contribution in [0.15, 0.2) is 36.0 Å². The van der Waals surface area contributed by atoms with E-state index in [0.29, 0.717) is 6.42 Å². The number of carbonyl (C=O) groups is 2. The van der Waals surface area contributed by atoms with Crippen molar-refractivity contribution >= 4 is 18.0 Å². The zero-order valence-corrected chi connectivity index (χ0v) is 10.6. The van der Waals surface area contributed by atoms with Crippen LogP contribution < -0.4 is 5.32 Å². The molecule has 0 aliphatic carbocycles. The minimum absolute atomic E-state index is 0.162. The van der Waals surface area contributed by atoms with E-state index < -0.39 is 5.97 Å². The van der Waals surface area contributed by atoms with E-state index >= 15 is 0 Å². The molecule has 0 heterocycles. The van der Waals surface area contributed by atoms with Crippen LogP contribution in [0.2, 0.25) is 0 Å². The van der Waals surface area contributed by atoms with Gasteiger partial charge < -0.3 is 10.1 Å². The third-order valence-electron chi connectivity index (χ3n) is 2.20. The van der Waals surface area contributed by atoms with Gasteiger partial charge in [-0.15, -0.1) is 0 Å². The number of rotatable bonds is 5. The number of amides is 1. The first-order chi connectivity index (χ1) is 8.67. The van der Waals surface area contributed by atoms with E-state index in [-0.39, 0.29) is 18.2 Å². The molecule has 0 fully saturated rings. The molecular formula is C14H17NO3. The Labute approximate surface area is 107 Å². The van der Waals surface area contributed by atoms with Gasteiger partial charge in [-0.3, -0.25) is 4.79 Å². The topological polar surface area (TPSA) is 55.4 Å². The molecule has 0 aromatic heterocycles. The summed E-state index contributed by atoms with van der Waals surface area (Å²) in [5.74, 6) is -0.742. The number of esters is 1. The molecule has 4 heteroatoms. The van der Waals surface area contributed by atoms with Crippen molar-refractivity contribution in [2.45, 2.75) is 20.3 Å². The minimum atomic E-state index is -0.525. The van der Waals surface area contributed by atoms with E-state index in [1.54, 1.807) is 19.9 Å². The normalized spacial score (nSPS) is 10.9. The smallest absolute Gasteiger partial charge is 0.354 e. The van der Waals surface area contributed by atoms with Gasteiger partial charge in [-0.05, 0) is 18.6 Å². The molecule has 1 N–H and O–H groups in total. The van der Waals surface area contributed by atoms with Gasteiger partial charge in [-0.2, -0.15) is 0 Å². The number of hydrogen-bond acceptors (Lipinski definition) is 3. The second-order valence-electron chi connectivity index (χ2n) is 3.59. The Morgan fingerprint density at radius 2 is 1.89 bits per heavy atom. The zero-order chi connectivity index (χ0) is 13.4. The molecule has 96 valence electrons. The first kappa shape index (κ1) is 14.0. The third kappa shape index (κ3) is 4.41. The molecule has 0 saturated carbocycles. The van der Waals surface area contributed by atoms with Crippen LogP contribution in [-0.4, -0.2) is 18.5 Å². The quantitative estimate of drug-likeness (QED) is 0.640. The van der Waals surface area contributed by atoms with Gasteiger partial charge >= 0.3 is 5.97 Å². The molecule has 0 saturated heterocycles. The Bertz CT molecular complexity index is 438. The number of ether oxygens (including phenoxy) is 1. The summed E-state index contributed by atoms with van der Waals surface area (Å²) in [6.07, 6.45) is 1.91. The fraction of sp³-hybridized carbons (Fsp3) is 0.286. The Morgan fingerprint density at radius 3 is 2.44 bits per heavy atom. The lowest BCUT2D eigenvalue weighted by atomic mass is 10.2. The number of hydrogen-bond donors (Lipinski definition) is 1. The van der Waals surface area contributed by atoms with Gasteiger partial charge in [0.2, 0.25) is 5.91 Å². The van der Waals surface area contributed by atoms with E-state index in [1.165, 1.54) is 0 Å². The van der Waals surface area contributed by atoms with Crippen LogP contribution in [0.5, 0.6) is 0 Å². The lowest BCUT2D eigenvalue weighted by molar-refractivity contribution is -0.139. The molecule has 0 spiro atoms. The van der Waals surface area contributed by atoms with Crippen LogP contribution >= 0.6 is 0 Å². The summed E-state index contributed by atoms with van der Waals surface area (Å²) in [6, 6.07) is 9.28. The summed E-state index contributed by atoms with van der Waals surface area (Å²) in [6.45, 7) is 3.72. The first-order valence-corrected chi connectivity index (χ1v) is 5.91. The van der Waals surface area contributed by atoms with Gasteiger partial charge in [0, 0.05) is 6.42 Å². The molecule has 0 unspecified atom stereocenters. The molecule has 1 aromatic carbocycles. The minimum Gasteiger partial charge on any atom is -0.461 e. The molecular weight excluding hydrogens is 230 g/mol. The van der Waals surface area contributed by atoms with Crippen LogP contribution in [0.1, 0.15) is 25.8 Å². The fourth-order valence-electron chi connectivity index (χ4n) is 1.31. The van der Waals surface area contributed by atoms with Crippen molar-refractivity contribution in [3.05, 3.63) is 41.6 Å². The lowest BCUT2D eigenvalue weighted by Crippen LogP contribution is -2.27. The van der Waals surface area contributed by atoms with Crippen molar-refractivity contribution < 1.29 is 14.3 Å². The summed E-state index contributed by atoms with van der Waals surface area (Å²) < 4.78 is 4.90. The molecule has 0 atom stereocenters. The molecule has 0 bridgehead atoms. The first-order valence-electron chi connectivity index (χ1n) is 5.91. The Hall–Kier alpha value is -2.10. The zero-order valence-electron chi connectivity index (χ0n) is 10.6. The Balaban J connectivity index is 2.93. The van der Waals surface area contributed by atoms with E-state index in [0.717, 1.165) is 5.56 Å². The highest BCUT2D eigenvalue weighted by Gasteiger charge is 2.12. The van der Waals surface area contributed by atoms with E-state index in [4.69, 9.17) is 4.74 Å². The maximum absolute atomic E-state index is 11.7. The monoisotopic (exact) mass is 247 g/mol. The van der Waals surface area contributed by atoms with Crippen molar-refractivity contribution in [1.82, 2.24) is 5.32 Å². The van der Waals surface area contributed by atoms with Crippen LogP contribution in [0.3, 0.4) is 0 Å². The highest BCUT2D eigenvalue weighted by Crippen LogP contribution is 2.06. The van der Waals surface area contributed by atoms with Crippen molar-refractivity contribution in [2.75, 3.05) is 6.61 Å². The molecule has 0 radical (unpaired) electrons. The van der Waals surface area contributed by atoms with Crippen molar-refractivity contribution in [3.63, 3.8) is 0 Å². The highest BCUT2D eigenvalue weighted by atomic mass is 16.5. The number of carbonyl (C=O) groups excluding carboxylic acids is 2. The second-order valence-corrected chi connectivity index (χ2v) is 3.59. The summed E-state index contributed by atoms with van der Waals surface area (Å²) in [7, 11) is 0. The maximum Gasteiger partial charge on any atom is 0.354 e. The van der Waals surface area contributed by atoms with Crippen molar-refractivity contribution in [1.29, 1.82) is 0 Å². The summed E-state index contributed by atoms with van der Waals surface area (Å²) >= 11 is 0. The van der Waals surface area contributed by atoms with E-state index in [2.05, 4.69) is 5.32 Å². The standard InChI is InChI=1S/C14H17NO3/c1-3-13(16)15-12(14(17)18-4-2)10-11-8-6-5-7-9-11/h5-10H,3-4H2,1-2H3,(H,15,16)/b12-10-. The van der Waals surface area contributed by atoms with Gasteiger partial charge in [0.15, 0.2) is 0 Å². The van der Waals surface area contributed by atoms with Crippen LogP contribution in [0.25, 0.3) is 6.08 Å². The maximum atomic E-state index is 11.7. The van der Waals surface area contributed by atoms with Gasteiger partial charge in [-0.1, -0.05) is 37.3 Å². The summed E-state index contributed by atoms with van der Waals surface area (Å²) in [5, 5.41) is 2.55. The summed E-state index contributed by atoms with van der Waals surface area (Å²) in [5.41, 5.74) is 0.992. The second kappa shape index (κ2) is 7.27. The Morgan fingerprint density at radius 1 is 1.22 bits per heavy atom. The largest absolute Gasteiger partial charge is 0.461 e. The number of nitrogens with one attached hydrogen (secondary N) is 1.